The van der Waals surface area contributed by atoms with Crippen molar-refractivity contribution in [1.82, 2.24) is 10.4 Å². The van der Waals surface area contributed by atoms with E-state index >= 15 is 0 Å². The third-order valence-electron chi connectivity index (χ3n) is 3.88. The number of hydrazone groups is 1. The van der Waals surface area contributed by atoms with E-state index in [4.69, 9.17) is 4.74 Å². The summed E-state index contributed by atoms with van der Waals surface area (Å²) in [5, 5.41) is 7.01. The summed E-state index contributed by atoms with van der Waals surface area (Å²) in [6, 6.07) is 17.7. The monoisotopic (exact) mass is 379 g/mol. The van der Waals surface area contributed by atoms with Gasteiger partial charge in [0.15, 0.2) is 0 Å². The Morgan fingerprint density at radius 2 is 1.89 bits per heavy atom. The predicted molar refractivity (Wildman–Crippen MR) is 108 cm³/mol. The summed E-state index contributed by atoms with van der Waals surface area (Å²) < 4.78 is 5.78. The molecule has 0 fully saturated rings. The van der Waals surface area contributed by atoms with Crippen LogP contribution in [0.4, 0.5) is 0 Å². The fourth-order valence-electron chi connectivity index (χ4n) is 2.44. The lowest BCUT2D eigenvalue weighted by Crippen LogP contribution is -2.21. The van der Waals surface area contributed by atoms with Crippen molar-refractivity contribution in [2.45, 2.75) is 26.9 Å². The zero-order valence-corrected chi connectivity index (χ0v) is 16.1. The molecule has 1 N–H and O–H groups in total. The highest BCUT2D eigenvalue weighted by molar-refractivity contribution is 7.09. The third-order valence-corrected chi connectivity index (χ3v) is 4.70. The van der Waals surface area contributed by atoms with Crippen LogP contribution >= 0.6 is 11.3 Å². The quantitative estimate of drug-likeness (QED) is 0.496. The van der Waals surface area contributed by atoms with E-state index in [0.717, 1.165) is 33.3 Å². The third kappa shape index (κ3) is 5.76. The van der Waals surface area contributed by atoms with Crippen LogP contribution in [0, 0.1) is 6.92 Å². The summed E-state index contributed by atoms with van der Waals surface area (Å²) in [6.45, 7) is 4.30. The maximum Gasteiger partial charge on any atom is 0.246 e. The summed E-state index contributed by atoms with van der Waals surface area (Å²) in [4.78, 5) is 16.2. The van der Waals surface area contributed by atoms with E-state index in [2.05, 4.69) is 15.5 Å². The number of nitrogens with zero attached hydrogens (tertiary/aromatic N) is 2. The molecule has 3 aromatic rings. The van der Waals surface area contributed by atoms with Gasteiger partial charge in [0, 0.05) is 5.38 Å². The molecule has 0 unspecified atom stereocenters. The van der Waals surface area contributed by atoms with Gasteiger partial charge in [-0.05, 0) is 49.2 Å². The maximum absolute atomic E-state index is 12.0. The van der Waals surface area contributed by atoms with Crippen molar-refractivity contribution in [3.63, 3.8) is 0 Å². The van der Waals surface area contributed by atoms with Gasteiger partial charge in [-0.3, -0.25) is 4.79 Å². The van der Waals surface area contributed by atoms with Gasteiger partial charge in [0.25, 0.3) is 0 Å². The minimum Gasteiger partial charge on any atom is -0.489 e. The molecule has 0 aliphatic heterocycles. The molecule has 0 saturated heterocycles. The van der Waals surface area contributed by atoms with Crippen molar-refractivity contribution in [3.05, 3.63) is 81.8 Å². The van der Waals surface area contributed by atoms with Gasteiger partial charge in [-0.2, -0.15) is 5.10 Å². The van der Waals surface area contributed by atoms with Gasteiger partial charge in [0.05, 0.1) is 22.8 Å². The van der Waals surface area contributed by atoms with Crippen molar-refractivity contribution < 1.29 is 9.53 Å². The number of hydrogen-bond donors (Lipinski definition) is 1. The van der Waals surface area contributed by atoms with E-state index in [1.165, 1.54) is 11.3 Å². The fraction of sp³-hybridized carbons (Fsp3) is 0.190. The number of aryl methyl sites for hydroxylation is 1. The van der Waals surface area contributed by atoms with Crippen LogP contribution in [-0.4, -0.2) is 16.6 Å². The van der Waals surface area contributed by atoms with Gasteiger partial charge in [-0.25, -0.2) is 10.4 Å². The number of ether oxygens (including phenoxy) is 1. The van der Waals surface area contributed by atoms with E-state index in [0.29, 0.717) is 6.61 Å². The summed E-state index contributed by atoms with van der Waals surface area (Å²) in [5.74, 6) is 0.612. The Hall–Kier alpha value is -2.99. The highest BCUT2D eigenvalue weighted by atomic mass is 32.1. The van der Waals surface area contributed by atoms with E-state index < -0.39 is 0 Å². The first-order valence-electron chi connectivity index (χ1n) is 8.61. The molecule has 0 bridgehead atoms. The normalized spacial score (nSPS) is 11.3. The molecule has 6 heteroatoms. The van der Waals surface area contributed by atoms with Crippen molar-refractivity contribution in [1.29, 1.82) is 0 Å². The summed E-state index contributed by atoms with van der Waals surface area (Å²) in [6.07, 6.45) is 0.230. The molecule has 0 saturated carbocycles. The molecule has 3 rings (SSSR count). The molecule has 0 atom stereocenters. The molecule has 27 heavy (non-hydrogen) atoms. The first kappa shape index (κ1) is 18.8. The highest BCUT2D eigenvalue weighted by Crippen LogP contribution is 2.15. The number of aromatic nitrogens is 1. The first-order chi connectivity index (χ1) is 13.1. The Morgan fingerprint density at radius 1 is 1.15 bits per heavy atom. The predicted octanol–water partition coefficient (Wildman–Crippen LogP) is 4.11. The van der Waals surface area contributed by atoms with Crippen LogP contribution in [-0.2, 0) is 17.8 Å². The first-order valence-corrected chi connectivity index (χ1v) is 9.49. The second-order valence-corrected chi connectivity index (χ2v) is 7.13. The number of hydrogen-bond acceptors (Lipinski definition) is 5. The molecule has 0 aliphatic carbocycles. The van der Waals surface area contributed by atoms with Crippen LogP contribution in [0.25, 0.3) is 0 Å². The average Bonchev–Trinajstić information content (AvgIpc) is 3.10. The van der Waals surface area contributed by atoms with E-state index in [9.17, 15) is 4.79 Å². The molecule has 5 nitrogen and oxygen atoms in total. The van der Waals surface area contributed by atoms with Crippen molar-refractivity contribution in [2.24, 2.45) is 5.10 Å². The van der Waals surface area contributed by atoms with Crippen LogP contribution < -0.4 is 10.2 Å². The number of carbonyl (C=O) groups is 1. The van der Waals surface area contributed by atoms with E-state index in [1.807, 2.05) is 73.8 Å². The molecule has 138 valence electrons. The fourth-order valence-corrected chi connectivity index (χ4v) is 3.05. The van der Waals surface area contributed by atoms with Crippen LogP contribution in [0.3, 0.4) is 0 Å². The van der Waals surface area contributed by atoms with Crippen LogP contribution in [0.2, 0.25) is 0 Å². The summed E-state index contributed by atoms with van der Waals surface area (Å²) in [5.41, 5.74) is 6.12. The second-order valence-electron chi connectivity index (χ2n) is 6.07. The Kier molecular flexibility index (Phi) is 6.33. The van der Waals surface area contributed by atoms with Crippen LogP contribution in [0.5, 0.6) is 5.75 Å². The van der Waals surface area contributed by atoms with Crippen LogP contribution in [0.1, 0.15) is 28.8 Å². The molecular formula is C21H21N3O2S. The minimum absolute atomic E-state index is 0.178. The molecule has 1 heterocycles. The lowest BCUT2D eigenvalue weighted by Gasteiger charge is -2.07. The number of carbonyl (C=O) groups excluding carboxylic acids is 1. The van der Waals surface area contributed by atoms with Gasteiger partial charge in [0.2, 0.25) is 5.91 Å². The Bertz CT molecular complexity index is 918. The van der Waals surface area contributed by atoms with Gasteiger partial charge in [-0.1, -0.05) is 30.3 Å². The Morgan fingerprint density at radius 3 is 2.56 bits per heavy atom. The second kappa shape index (κ2) is 9.09. The molecule has 1 amide bonds. The molecule has 0 aliphatic rings. The number of nitrogens with one attached hydrogen (secondary N) is 1. The number of amides is 1. The SMILES string of the molecule is C/C(=N/NC(=O)Cc1csc(C)n1)c1ccc(OCc2ccccc2)cc1. The summed E-state index contributed by atoms with van der Waals surface area (Å²) in [7, 11) is 0. The largest absolute Gasteiger partial charge is 0.489 e. The maximum atomic E-state index is 12.0. The average molecular weight is 379 g/mol. The summed E-state index contributed by atoms with van der Waals surface area (Å²) >= 11 is 1.53. The molecule has 0 radical (unpaired) electrons. The standard InChI is InChI=1S/C21H21N3O2S/c1-15(23-24-21(25)12-19-14-27-16(2)22-19)18-8-10-20(11-9-18)26-13-17-6-4-3-5-7-17/h3-11,14H,12-13H2,1-2H3,(H,24,25)/b23-15-. The van der Waals surface area contributed by atoms with Gasteiger partial charge >= 0.3 is 0 Å². The lowest BCUT2D eigenvalue weighted by atomic mass is 10.1. The lowest BCUT2D eigenvalue weighted by molar-refractivity contribution is -0.120. The van der Waals surface area contributed by atoms with Crippen LogP contribution in [0.15, 0.2) is 65.1 Å². The molecule has 1 aromatic heterocycles. The smallest absolute Gasteiger partial charge is 0.246 e. The van der Waals surface area contributed by atoms with Gasteiger partial charge in [0.1, 0.15) is 12.4 Å². The minimum atomic E-state index is -0.178. The van der Waals surface area contributed by atoms with Gasteiger partial charge < -0.3 is 4.74 Å². The molecule has 2 aromatic carbocycles. The van der Waals surface area contributed by atoms with Crippen molar-refractivity contribution in [2.75, 3.05) is 0 Å². The Balaban J connectivity index is 1.52. The number of thiazole rings is 1. The van der Waals surface area contributed by atoms with E-state index in [-0.39, 0.29) is 12.3 Å². The topological polar surface area (TPSA) is 63.6 Å². The zero-order valence-electron chi connectivity index (χ0n) is 15.3. The van der Waals surface area contributed by atoms with E-state index in [1.54, 1.807) is 0 Å². The zero-order chi connectivity index (χ0) is 19.1. The van der Waals surface area contributed by atoms with Crippen molar-refractivity contribution >= 4 is 23.0 Å². The number of rotatable bonds is 7. The van der Waals surface area contributed by atoms with Crippen molar-refractivity contribution in [3.8, 4) is 5.75 Å². The Labute approximate surface area is 162 Å². The highest BCUT2D eigenvalue weighted by Gasteiger charge is 2.06. The molecular weight excluding hydrogens is 358 g/mol. The van der Waals surface area contributed by atoms with Gasteiger partial charge in [-0.15, -0.1) is 11.3 Å². The number of benzene rings is 2. The molecule has 0 spiro atoms.